The Labute approximate surface area is 171 Å². The number of carboxylic acid groups (broad SMARTS) is 1. The van der Waals surface area contributed by atoms with Gasteiger partial charge >= 0.3 is 5.97 Å². The molecule has 0 fully saturated rings. The first-order valence-corrected chi connectivity index (χ1v) is 9.19. The molecule has 2 aromatic rings. The number of fused-ring (bicyclic) bond motifs is 2. The molecule has 0 aliphatic carbocycles. The van der Waals surface area contributed by atoms with Gasteiger partial charge < -0.3 is 29.0 Å². The van der Waals surface area contributed by atoms with E-state index in [1.54, 1.807) is 6.07 Å². The van der Waals surface area contributed by atoms with E-state index in [1.807, 2.05) is 19.0 Å². The molecule has 0 bridgehead atoms. The summed E-state index contributed by atoms with van der Waals surface area (Å²) < 4.78 is 21.1. The summed E-state index contributed by atoms with van der Waals surface area (Å²) in [5, 5.41) is 9.62. The van der Waals surface area contributed by atoms with E-state index < -0.39 is 17.5 Å². The van der Waals surface area contributed by atoms with Crippen LogP contribution < -0.4 is 18.9 Å². The molecule has 2 heterocycles. The molecule has 9 heteroatoms. The number of hydrogen-bond acceptors (Lipinski definition) is 8. The van der Waals surface area contributed by atoms with Crippen molar-refractivity contribution in [1.29, 1.82) is 0 Å². The maximum Gasteiger partial charge on any atom is 0.340 e. The molecule has 2 aliphatic heterocycles. The van der Waals surface area contributed by atoms with Crippen molar-refractivity contribution in [2.24, 2.45) is 0 Å². The SMILES string of the molecule is CN(C)CCc1cc2c(cc1C(=O)C(=O)c1ccc3c(c1C(=O)O)OCO3)OCO2. The highest BCUT2D eigenvalue weighted by Gasteiger charge is 2.32. The summed E-state index contributed by atoms with van der Waals surface area (Å²) in [6, 6.07) is 5.84. The molecule has 9 nitrogen and oxygen atoms in total. The van der Waals surface area contributed by atoms with Gasteiger partial charge in [-0.3, -0.25) is 9.59 Å². The molecule has 156 valence electrons. The third-order valence-electron chi connectivity index (χ3n) is 4.88. The largest absolute Gasteiger partial charge is 0.478 e. The minimum absolute atomic E-state index is 0.0272. The van der Waals surface area contributed by atoms with Crippen LogP contribution in [-0.2, 0) is 6.42 Å². The number of nitrogens with zero attached hydrogens (tertiary/aromatic N) is 1. The number of carbonyl (C=O) groups is 3. The van der Waals surface area contributed by atoms with Crippen molar-refractivity contribution in [1.82, 2.24) is 4.90 Å². The molecule has 0 radical (unpaired) electrons. The van der Waals surface area contributed by atoms with Crippen LogP contribution in [0.5, 0.6) is 23.0 Å². The van der Waals surface area contributed by atoms with Crippen molar-refractivity contribution in [3.8, 4) is 23.0 Å². The smallest absolute Gasteiger partial charge is 0.340 e. The summed E-state index contributed by atoms with van der Waals surface area (Å²) in [6.07, 6.45) is 0.491. The Bertz CT molecular complexity index is 1060. The summed E-state index contributed by atoms with van der Waals surface area (Å²) in [7, 11) is 3.79. The highest BCUT2D eigenvalue weighted by atomic mass is 16.7. The Morgan fingerprint density at radius 2 is 1.53 bits per heavy atom. The minimum atomic E-state index is -1.38. The predicted octanol–water partition coefficient (Wildman–Crippen LogP) is 2.01. The van der Waals surface area contributed by atoms with Gasteiger partial charge in [0.25, 0.3) is 0 Å². The number of carbonyl (C=O) groups excluding carboxylic acids is 2. The molecule has 1 N–H and O–H groups in total. The van der Waals surface area contributed by atoms with E-state index in [2.05, 4.69) is 0 Å². The summed E-state index contributed by atoms with van der Waals surface area (Å²) in [5.74, 6) is -2.14. The monoisotopic (exact) mass is 413 g/mol. The van der Waals surface area contributed by atoms with E-state index in [-0.39, 0.29) is 41.8 Å². The number of ketones is 2. The van der Waals surface area contributed by atoms with Crippen LogP contribution in [0.1, 0.15) is 36.6 Å². The van der Waals surface area contributed by atoms with Gasteiger partial charge in [-0.2, -0.15) is 0 Å². The van der Waals surface area contributed by atoms with Crippen molar-refractivity contribution in [2.75, 3.05) is 34.2 Å². The molecule has 0 aromatic heterocycles. The van der Waals surface area contributed by atoms with E-state index in [1.165, 1.54) is 18.2 Å². The first-order chi connectivity index (χ1) is 14.4. The number of ether oxygens (including phenoxy) is 4. The molecule has 4 rings (SSSR count). The van der Waals surface area contributed by atoms with Crippen molar-refractivity contribution < 1.29 is 38.4 Å². The Balaban J connectivity index is 1.75. The van der Waals surface area contributed by atoms with Gasteiger partial charge in [-0.05, 0) is 50.3 Å². The summed E-state index contributed by atoms with van der Waals surface area (Å²) in [4.78, 5) is 40.0. The second-order valence-corrected chi connectivity index (χ2v) is 7.10. The van der Waals surface area contributed by atoms with Crippen molar-refractivity contribution >= 4 is 17.5 Å². The summed E-state index contributed by atoms with van der Waals surface area (Å²) in [6.45, 7) is 0.510. The quantitative estimate of drug-likeness (QED) is 0.538. The Morgan fingerprint density at radius 1 is 0.900 bits per heavy atom. The van der Waals surface area contributed by atoms with E-state index >= 15 is 0 Å². The summed E-state index contributed by atoms with van der Waals surface area (Å²) in [5.41, 5.74) is 0.121. The first-order valence-electron chi connectivity index (χ1n) is 9.19. The lowest BCUT2D eigenvalue weighted by Crippen LogP contribution is -2.21. The third-order valence-corrected chi connectivity index (χ3v) is 4.88. The standard InChI is InChI=1S/C21H19NO8/c1-22(2)6-5-11-7-15-16(29-9-28-15)8-13(11)19(24)18(23)12-3-4-14-20(30-10-27-14)17(12)21(25)26/h3-4,7-8H,5-6,9-10H2,1-2H3,(H,25,26). The fraction of sp³-hybridized carbons (Fsp3) is 0.286. The maximum atomic E-state index is 13.2. The lowest BCUT2D eigenvalue weighted by atomic mass is 9.92. The second-order valence-electron chi connectivity index (χ2n) is 7.10. The van der Waals surface area contributed by atoms with Crippen molar-refractivity contribution in [2.45, 2.75) is 6.42 Å². The molecule has 0 amide bonds. The fourth-order valence-corrected chi connectivity index (χ4v) is 3.36. The van der Waals surface area contributed by atoms with Gasteiger partial charge in [0, 0.05) is 17.7 Å². The molecule has 0 atom stereocenters. The number of carboxylic acids is 1. The Kier molecular flexibility index (Phi) is 5.04. The van der Waals surface area contributed by atoms with Gasteiger partial charge in [0.05, 0.1) is 0 Å². The van der Waals surface area contributed by atoms with E-state index in [9.17, 15) is 19.5 Å². The number of likely N-dealkylation sites (N-methyl/N-ethyl adjacent to an activating group) is 1. The number of hydrogen-bond donors (Lipinski definition) is 1. The van der Waals surface area contributed by atoms with Crippen LogP contribution in [0.2, 0.25) is 0 Å². The first kappa shape index (κ1) is 19.7. The Hall–Kier alpha value is -3.59. The number of aromatic carboxylic acids is 1. The zero-order chi connectivity index (χ0) is 21.4. The van der Waals surface area contributed by atoms with Gasteiger partial charge in [0.2, 0.25) is 25.2 Å². The third kappa shape index (κ3) is 3.43. The van der Waals surface area contributed by atoms with Crippen LogP contribution in [-0.4, -0.2) is 61.8 Å². The molecular formula is C21H19NO8. The van der Waals surface area contributed by atoms with Crippen LogP contribution in [0.3, 0.4) is 0 Å². The fourth-order valence-electron chi connectivity index (χ4n) is 3.36. The molecule has 0 saturated carbocycles. The molecule has 0 saturated heterocycles. The van der Waals surface area contributed by atoms with Crippen molar-refractivity contribution in [3.63, 3.8) is 0 Å². The average molecular weight is 413 g/mol. The minimum Gasteiger partial charge on any atom is -0.478 e. The topological polar surface area (TPSA) is 112 Å². The van der Waals surface area contributed by atoms with E-state index in [4.69, 9.17) is 18.9 Å². The van der Waals surface area contributed by atoms with E-state index in [0.29, 0.717) is 30.0 Å². The number of rotatable bonds is 7. The highest BCUT2D eigenvalue weighted by Crippen LogP contribution is 2.39. The predicted molar refractivity (Wildman–Crippen MR) is 103 cm³/mol. The number of benzene rings is 2. The lowest BCUT2D eigenvalue weighted by molar-refractivity contribution is 0.0686. The van der Waals surface area contributed by atoms with E-state index in [0.717, 1.165) is 0 Å². The molecule has 2 aromatic carbocycles. The van der Waals surface area contributed by atoms with Gasteiger partial charge in [0.15, 0.2) is 23.0 Å². The second kappa shape index (κ2) is 7.68. The molecule has 30 heavy (non-hydrogen) atoms. The Morgan fingerprint density at radius 3 is 2.23 bits per heavy atom. The zero-order valence-electron chi connectivity index (χ0n) is 16.4. The van der Waals surface area contributed by atoms with Gasteiger partial charge in [-0.1, -0.05) is 0 Å². The van der Waals surface area contributed by atoms with Crippen LogP contribution in [0, 0.1) is 0 Å². The molecule has 0 spiro atoms. The van der Waals surface area contributed by atoms with Crippen molar-refractivity contribution in [3.05, 3.63) is 46.5 Å². The zero-order valence-corrected chi connectivity index (χ0v) is 16.4. The lowest BCUT2D eigenvalue weighted by Gasteiger charge is -2.14. The average Bonchev–Trinajstić information content (AvgIpc) is 3.37. The molecular weight excluding hydrogens is 394 g/mol. The maximum absolute atomic E-state index is 13.2. The van der Waals surface area contributed by atoms with Gasteiger partial charge in [0.1, 0.15) is 5.56 Å². The van der Waals surface area contributed by atoms with Crippen LogP contribution in [0.15, 0.2) is 24.3 Å². The summed E-state index contributed by atoms with van der Waals surface area (Å²) >= 11 is 0. The number of Topliss-reactive ketones (excluding diaryl/α,β-unsaturated/α-hetero) is 2. The highest BCUT2D eigenvalue weighted by molar-refractivity contribution is 6.50. The van der Waals surface area contributed by atoms with Gasteiger partial charge in [-0.15, -0.1) is 0 Å². The van der Waals surface area contributed by atoms with Crippen LogP contribution in [0.25, 0.3) is 0 Å². The molecule has 0 unspecified atom stereocenters. The van der Waals surface area contributed by atoms with Crippen LogP contribution in [0.4, 0.5) is 0 Å². The van der Waals surface area contributed by atoms with Gasteiger partial charge in [-0.25, -0.2) is 4.79 Å². The molecule has 2 aliphatic rings. The normalized spacial score (nSPS) is 13.6. The van der Waals surface area contributed by atoms with Crippen LogP contribution >= 0.6 is 0 Å².